The lowest BCUT2D eigenvalue weighted by Gasteiger charge is -2.51. The lowest BCUT2D eigenvalue weighted by molar-refractivity contribution is 0.660. The minimum Gasteiger partial charge on any atom is -0.456 e. The highest BCUT2D eigenvalue weighted by molar-refractivity contribution is 6.94. The maximum Gasteiger partial charge on any atom is 0.333 e. The predicted octanol–water partition coefficient (Wildman–Crippen LogP) is 13.3. The molecule has 0 fully saturated rings. The number of furan rings is 1. The number of para-hydroxylation sites is 4. The van der Waals surface area contributed by atoms with E-state index >= 15 is 0 Å². The molecule has 0 amide bonds. The molecule has 3 nitrogen and oxygen atoms in total. The van der Waals surface area contributed by atoms with Crippen LogP contribution in [-0.2, 0) is 10.8 Å². The molecule has 4 heterocycles. The molecule has 0 saturated heterocycles. The van der Waals surface area contributed by atoms with Gasteiger partial charge >= 0.3 is 6.85 Å². The summed E-state index contributed by atoms with van der Waals surface area (Å²) in [5.74, 6) is 0. The smallest absolute Gasteiger partial charge is 0.333 e. The van der Waals surface area contributed by atoms with Gasteiger partial charge < -0.3 is 14.1 Å². The van der Waals surface area contributed by atoms with Crippen molar-refractivity contribution in [2.24, 2.45) is 0 Å². The van der Waals surface area contributed by atoms with Crippen LogP contribution in [0.15, 0.2) is 192 Å². The number of hydrogen-bond donors (Lipinski definition) is 0. The van der Waals surface area contributed by atoms with E-state index in [2.05, 4.69) is 212 Å². The number of fused-ring (bicyclic) bond motifs is 20. The van der Waals surface area contributed by atoms with Gasteiger partial charge in [-0.2, -0.15) is 0 Å². The van der Waals surface area contributed by atoms with Gasteiger partial charge in [-0.1, -0.05) is 159 Å². The van der Waals surface area contributed by atoms with Crippen molar-refractivity contribution >= 4 is 68.1 Å². The Kier molecular flexibility index (Phi) is 6.01. The summed E-state index contributed by atoms with van der Waals surface area (Å²) in [5, 5.41) is 2.29. The SMILES string of the molecule is CC1(C)c2ccccc2-c2cc3c(cc21)N(c1ccccc1)B1c2cccc4c2N(c2ccccc2C42c4ccccc4-c4ccccc42)c2c1c-3cc1oc3ccccc3c21. The van der Waals surface area contributed by atoms with E-state index in [0.717, 1.165) is 21.9 Å². The molecule has 288 valence electrons. The molecule has 62 heavy (non-hydrogen) atoms. The largest absolute Gasteiger partial charge is 0.456 e. The van der Waals surface area contributed by atoms with Crippen molar-refractivity contribution in [1.29, 1.82) is 0 Å². The van der Waals surface area contributed by atoms with Crippen LogP contribution in [0.4, 0.5) is 28.4 Å². The van der Waals surface area contributed by atoms with Crippen molar-refractivity contribution in [3.05, 3.63) is 221 Å². The van der Waals surface area contributed by atoms with Crippen LogP contribution in [0.1, 0.15) is 47.2 Å². The quantitative estimate of drug-likeness (QED) is 0.155. The van der Waals surface area contributed by atoms with Crippen LogP contribution in [0, 0.1) is 0 Å². The fraction of sp³-hybridized carbons (Fsp3) is 0.0690. The number of rotatable bonds is 1. The normalized spacial score (nSPS) is 15.7. The zero-order valence-electron chi connectivity index (χ0n) is 34.3. The van der Waals surface area contributed by atoms with Crippen molar-refractivity contribution in [1.82, 2.24) is 0 Å². The van der Waals surface area contributed by atoms with E-state index in [1.165, 1.54) is 106 Å². The Labute approximate surface area is 360 Å². The molecule has 5 aliphatic rings. The molecule has 1 aromatic heterocycles. The van der Waals surface area contributed by atoms with Gasteiger partial charge in [0.05, 0.1) is 22.2 Å². The highest BCUT2D eigenvalue weighted by Crippen LogP contribution is 2.65. The highest BCUT2D eigenvalue weighted by atomic mass is 16.3. The van der Waals surface area contributed by atoms with Crippen LogP contribution in [0.25, 0.3) is 55.3 Å². The van der Waals surface area contributed by atoms with Gasteiger partial charge in [-0.3, -0.25) is 0 Å². The molecule has 10 aromatic rings. The van der Waals surface area contributed by atoms with Crippen LogP contribution in [0.5, 0.6) is 0 Å². The van der Waals surface area contributed by atoms with Gasteiger partial charge in [-0.05, 0) is 115 Å². The number of nitrogens with zero attached hydrogens (tertiary/aromatic N) is 2. The molecule has 1 spiro atoms. The minimum absolute atomic E-state index is 0.140. The van der Waals surface area contributed by atoms with Gasteiger partial charge in [0.15, 0.2) is 0 Å². The van der Waals surface area contributed by atoms with Crippen LogP contribution >= 0.6 is 0 Å². The molecule has 9 aromatic carbocycles. The zero-order valence-corrected chi connectivity index (χ0v) is 34.3. The second-order valence-corrected chi connectivity index (χ2v) is 18.3. The molecular formula is C58H37BN2O. The van der Waals surface area contributed by atoms with Crippen molar-refractivity contribution in [2.45, 2.75) is 24.7 Å². The Balaban J connectivity index is 1.15. The Hall–Kier alpha value is -7.56. The van der Waals surface area contributed by atoms with Gasteiger partial charge in [0, 0.05) is 33.4 Å². The van der Waals surface area contributed by atoms with Gasteiger partial charge in [0.1, 0.15) is 11.2 Å². The summed E-state index contributed by atoms with van der Waals surface area (Å²) >= 11 is 0. The molecule has 15 rings (SSSR count). The number of hydrogen-bond acceptors (Lipinski definition) is 3. The average molecular weight is 789 g/mol. The van der Waals surface area contributed by atoms with Crippen molar-refractivity contribution in [3.63, 3.8) is 0 Å². The summed E-state index contributed by atoms with van der Waals surface area (Å²) in [4.78, 5) is 5.32. The third kappa shape index (κ3) is 3.71. The average Bonchev–Trinajstić information content (AvgIpc) is 3.92. The number of anilines is 5. The van der Waals surface area contributed by atoms with Crippen molar-refractivity contribution in [2.75, 3.05) is 9.71 Å². The molecule has 3 aliphatic heterocycles. The Bertz CT molecular complexity index is 3610. The van der Waals surface area contributed by atoms with Crippen molar-refractivity contribution in [3.8, 4) is 33.4 Å². The van der Waals surface area contributed by atoms with Crippen LogP contribution < -0.4 is 20.6 Å². The zero-order chi connectivity index (χ0) is 40.6. The van der Waals surface area contributed by atoms with Gasteiger partial charge in [-0.15, -0.1) is 0 Å². The molecule has 0 atom stereocenters. The maximum atomic E-state index is 6.99. The maximum absolute atomic E-state index is 6.99. The molecule has 0 radical (unpaired) electrons. The van der Waals surface area contributed by atoms with Crippen LogP contribution in [0.3, 0.4) is 0 Å². The molecule has 0 N–H and O–H groups in total. The minimum atomic E-state index is -0.529. The first-order chi connectivity index (χ1) is 30.5. The number of benzene rings is 9. The van der Waals surface area contributed by atoms with Crippen LogP contribution in [-0.4, -0.2) is 6.85 Å². The van der Waals surface area contributed by atoms with E-state index in [9.17, 15) is 0 Å². The standard InChI is InChI=1S/C58H37BN2O/c1-57(2)42-23-10-6-21-37(42)39-31-40-41-32-52-53(38-22-9-15-30-51(38)62-52)56-54(41)59(61(50(40)33-47(39)57)34-17-4-3-5-18-34)48-28-16-27-46-55(48)60(56)49-29-14-13-26-45(49)58(46)43-24-11-7-19-35(43)36-20-8-12-25-44(36)58/h3-33H,1-2H3. The second kappa shape index (κ2) is 11.2. The molecule has 0 saturated carbocycles. The van der Waals surface area contributed by atoms with Gasteiger partial charge in [-0.25, -0.2) is 0 Å². The lowest BCUT2D eigenvalue weighted by Crippen LogP contribution is -2.62. The van der Waals surface area contributed by atoms with E-state index < -0.39 is 5.41 Å². The monoisotopic (exact) mass is 788 g/mol. The summed E-state index contributed by atoms with van der Waals surface area (Å²) in [6.45, 7) is 4.65. The van der Waals surface area contributed by atoms with E-state index in [4.69, 9.17) is 4.42 Å². The Morgan fingerprint density at radius 2 is 1.06 bits per heavy atom. The molecule has 2 aliphatic carbocycles. The molecule has 0 unspecified atom stereocenters. The van der Waals surface area contributed by atoms with E-state index in [1.807, 2.05) is 0 Å². The Morgan fingerprint density at radius 3 is 1.84 bits per heavy atom. The van der Waals surface area contributed by atoms with E-state index in [-0.39, 0.29) is 12.3 Å². The third-order valence-electron chi connectivity index (χ3n) is 15.2. The first-order valence-corrected chi connectivity index (χ1v) is 21.9. The van der Waals surface area contributed by atoms with E-state index in [0.29, 0.717) is 0 Å². The highest BCUT2D eigenvalue weighted by Gasteiger charge is 2.56. The van der Waals surface area contributed by atoms with E-state index in [1.54, 1.807) is 0 Å². The lowest BCUT2D eigenvalue weighted by atomic mass is 9.42. The second-order valence-electron chi connectivity index (χ2n) is 18.3. The van der Waals surface area contributed by atoms with Crippen LogP contribution in [0.2, 0.25) is 0 Å². The Morgan fingerprint density at radius 1 is 0.435 bits per heavy atom. The summed E-state index contributed by atoms with van der Waals surface area (Å²) in [6, 6.07) is 70.8. The summed E-state index contributed by atoms with van der Waals surface area (Å²) in [5.41, 5.74) is 25.6. The molecule has 0 bridgehead atoms. The summed E-state index contributed by atoms with van der Waals surface area (Å²) in [7, 11) is 0. The summed E-state index contributed by atoms with van der Waals surface area (Å²) < 4.78 is 6.99. The first kappa shape index (κ1) is 33.2. The first-order valence-electron chi connectivity index (χ1n) is 21.9. The van der Waals surface area contributed by atoms with Gasteiger partial charge in [0.25, 0.3) is 0 Å². The third-order valence-corrected chi connectivity index (χ3v) is 15.2. The topological polar surface area (TPSA) is 19.6 Å². The fourth-order valence-corrected chi connectivity index (χ4v) is 12.8. The summed E-state index contributed by atoms with van der Waals surface area (Å²) in [6.07, 6.45) is 0. The molecular weight excluding hydrogens is 751 g/mol. The molecule has 4 heteroatoms. The fourth-order valence-electron chi connectivity index (χ4n) is 12.8. The predicted molar refractivity (Wildman–Crippen MR) is 256 cm³/mol. The van der Waals surface area contributed by atoms with Gasteiger partial charge in [0.2, 0.25) is 0 Å². The van der Waals surface area contributed by atoms with Crippen molar-refractivity contribution < 1.29 is 4.42 Å².